The van der Waals surface area contributed by atoms with Crippen LogP contribution >= 0.6 is 35.2 Å². The molecule has 0 bridgehead atoms. The van der Waals surface area contributed by atoms with Crippen LogP contribution in [0.1, 0.15) is 23.8 Å². The number of hydrogen-bond acceptors (Lipinski definition) is 5. The molecule has 0 aliphatic carbocycles. The smallest absolute Gasteiger partial charge is 0.256 e. The van der Waals surface area contributed by atoms with Gasteiger partial charge in [-0.2, -0.15) is 0 Å². The van der Waals surface area contributed by atoms with E-state index in [1.54, 1.807) is 59.9 Å². The predicted octanol–water partition coefficient (Wildman–Crippen LogP) is 5.68. The molecule has 1 aliphatic heterocycles. The fourth-order valence-corrected chi connectivity index (χ4v) is 5.43. The Morgan fingerprint density at radius 2 is 1.86 bits per heavy atom. The zero-order valence-corrected chi connectivity index (χ0v) is 21.9. The van der Waals surface area contributed by atoms with E-state index in [0.717, 1.165) is 12.2 Å². The van der Waals surface area contributed by atoms with Gasteiger partial charge in [0.1, 0.15) is 11.8 Å². The van der Waals surface area contributed by atoms with Gasteiger partial charge < -0.3 is 15.0 Å². The van der Waals surface area contributed by atoms with Crippen LogP contribution in [-0.4, -0.2) is 41.0 Å². The minimum atomic E-state index is -0.693. The van der Waals surface area contributed by atoms with Gasteiger partial charge in [-0.3, -0.25) is 14.5 Å². The second-order valence-electron chi connectivity index (χ2n) is 8.13. The van der Waals surface area contributed by atoms with E-state index in [2.05, 4.69) is 23.7 Å². The Balaban J connectivity index is 1.52. The first-order chi connectivity index (χ1) is 16.9. The largest absolute Gasteiger partial charge is 0.494 e. The zero-order chi connectivity index (χ0) is 24.9. The van der Waals surface area contributed by atoms with Crippen LogP contribution in [-0.2, 0) is 16.0 Å². The maximum atomic E-state index is 13.5. The summed E-state index contributed by atoms with van der Waals surface area (Å²) in [5, 5.41) is 5.91. The van der Waals surface area contributed by atoms with Crippen LogP contribution in [0.5, 0.6) is 5.75 Å². The number of benzene rings is 2. The number of carbonyl (C=O) groups is 2. The van der Waals surface area contributed by atoms with Crippen molar-refractivity contribution >= 4 is 63.5 Å². The first kappa shape index (κ1) is 25.2. The second kappa shape index (κ2) is 11.2. The fraction of sp³-hybridized carbons (Fsp3) is 0.269. The number of aryl methyl sites for hydroxylation is 1. The molecule has 1 atom stereocenters. The number of anilines is 2. The van der Waals surface area contributed by atoms with Crippen LogP contribution in [0.4, 0.5) is 11.4 Å². The van der Waals surface area contributed by atoms with Gasteiger partial charge in [0.25, 0.3) is 5.91 Å². The molecule has 1 fully saturated rings. The van der Waals surface area contributed by atoms with E-state index < -0.39 is 6.04 Å². The highest BCUT2D eigenvalue weighted by Gasteiger charge is 2.44. The number of thiophene rings is 1. The van der Waals surface area contributed by atoms with Gasteiger partial charge in [-0.25, -0.2) is 0 Å². The molecular formula is C26H26ClN3O3S2. The molecule has 6 nitrogen and oxygen atoms in total. The van der Waals surface area contributed by atoms with Gasteiger partial charge in [-0.15, -0.1) is 11.3 Å². The number of thiocarbonyl (C=S) groups is 1. The molecule has 1 aliphatic rings. The Labute approximate surface area is 219 Å². The highest BCUT2D eigenvalue weighted by molar-refractivity contribution is 7.80. The summed E-state index contributed by atoms with van der Waals surface area (Å²) in [6, 6.07) is 15.5. The Bertz CT molecular complexity index is 1210. The molecule has 2 aromatic carbocycles. The minimum Gasteiger partial charge on any atom is -0.494 e. The molecule has 35 heavy (non-hydrogen) atoms. The van der Waals surface area contributed by atoms with E-state index in [9.17, 15) is 9.59 Å². The summed E-state index contributed by atoms with van der Waals surface area (Å²) in [6.45, 7) is 5.09. The second-order valence-corrected chi connectivity index (χ2v) is 9.93. The van der Waals surface area contributed by atoms with Crippen molar-refractivity contribution in [1.29, 1.82) is 0 Å². The van der Waals surface area contributed by atoms with Gasteiger partial charge in [0, 0.05) is 22.1 Å². The predicted molar refractivity (Wildman–Crippen MR) is 146 cm³/mol. The normalized spacial score (nSPS) is 15.6. The van der Waals surface area contributed by atoms with E-state index >= 15 is 0 Å². The maximum absolute atomic E-state index is 13.5. The fourth-order valence-electron chi connectivity index (χ4n) is 3.99. The van der Waals surface area contributed by atoms with E-state index in [-0.39, 0.29) is 18.2 Å². The molecule has 4 rings (SSSR count). The first-order valence-electron chi connectivity index (χ1n) is 11.3. The van der Waals surface area contributed by atoms with Crippen LogP contribution in [0.2, 0.25) is 5.02 Å². The third-order valence-corrected chi connectivity index (χ3v) is 7.53. The van der Waals surface area contributed by atoms with Gasteiger partial charge in [-0.05, 0) is 98.0 Å². The van der Waals surface area contributed by atoms with Crippen molar-refractivity contribution in [3.05, 3.63) is 75.4 Å². The maximum Gasteiger partial charge on any atom is 0.256 e. The lowest BCUT2D eigenvalue weighted by atomic mass is 10.1. The molecule has 0 unspecified atom stereocenters. The molecule has 1 saturated heterocycles. The van der Waals surface area contributed by atoms with E-state index in [0.29, 0.717) is 34.7 Å². The van der Waals surface area contributed by atoms with Crippen LogP contribution in [0, 0.1) is 6.92 Å². The summed E-state index contributed by atoms with van der Waals surface area (Å²) < 4.78 is 5.45. The summed E-state index contributed by atoms with van der Waals surface area (Å²) in [6.07, 6.45) is 0.724. The van der Waals surface area contributed by atoms with Crippen molar-refractivity contribution < 1.29 is 14.3 Å². The first-order valence-corrected chi connectivity index (χ1v) is 13.0. The molecule has 3 aromatic rings. The topological polar surface area (TPSA) is 61.9 Å². The van der Waals surface area contributed by atoms with E-state index in [4.69, 9.17) is 28.6 Å². The monoisotopic (exact) mass is 527 g/mol. The number of amides is 2. The summed E-state index contributed by atoms with van der Waals surface area (Å²) in [7, 11) is 0. The lowest BCUT2D eigenvalue weighted by Crippen LogP contribution is -2.39. The number of ether oxygens (including phenoxy) is 1. The SMILES string of the molecule is CCOc1ccc(NC(=O)C[C@@H]2C(=O)N(c3ccc(Cl)cc3)C(=S)N2CCc2sccc2C)cc1. The molecule has 0 saturated carbocycles. The number of halogens is 1. The molecular weight excluding hydrogens is 502 g/mol. The third-order valence-electron chi connectivity index (χ3n) is 5.78. The quantitative estimate of drug-likeness (QED) is 0.363. The highest BCUT2D eigenvalue weighted by atomic mass is 35.5. The lowest BCUT2D eigenvalue weighted by molar-refractivity contribution is -0.124. The Hall–Kier alpha value is -2.94. The number of rotatable bonds is 9. The zero-order valence-electron chi connectivity index (χ0n) is 19.5. The molecule has 2 heterocycles. The lowest BCUT2D eigenvalue weighted by Gasteiger charge is -2.24. The van der Waals surface area contributed by atoms with Crippen molar-refractivity contribution in [2.24, 2.45) is 0 Å². The van der Waals surface area contributed by atoms with E-state index in [1.165, 1.54) is 15.3 Å². The summed E-state index contributed by atoms with van der Waals surface area (Å²) in [5.74, 6) is 0.253. The average molecular weight is 528 g/mol. The molecule has 9 heteroatoms. The van der Waals surface area contributed by atoms with Gasteiger partial charge in [0.05, 0.1) is 18.7 Å². The van der Waals surface area contributed by atoms with Crippen LogP contribution < -0.4 is 15.0 Å². The van der Waals surface area contributed by atoms with Gasteiger partial charge in [-0.1, -0.05) is 11.6 Å². The van der Waals surface area contributed by atoms with Crippen molar-refractivity contribution in [2.75, 3.05) is 23.4 Å². The average Bonchev–Trinajstić information content (AvgIpc) is 3.34. The molecule has 2 amide bonds. The highest BCUT2D eigenvalue weighted by Crippen LogP contribution is 2.29. The molecule has 1 N–H and O–H groups in total. The minimum absolute atomic E-state index is 0.0142. The van der Waals surface area contributed by atoms with Crippen LogP contribution in [0.15, 0.2) is 60.0 Å². The van der Waals surface area contributed by atoms with E-state index in [1.807, 2.05) is 11.8 Å². The van der Waals surface area contributed by atoms with Crippen molar-refractivity contribution in [3.63, 3.8) is 0 Å². The Kier molecular flexibility index (Phi) is 8.05. The number of carbonyl (C=O) groups excluding carboxylic acids is 2. The van der Waals surface area contributed by atoms with Crippen molar-refractivity contribution in [1.82, 2.24) is 4.90 Å². The number of nitrogens with zero attached hydrogens (tertiary/aromatic N) is 2. The number of hydrogen-bond donors (Lipinski definition) is 1. The van der Waals surface area contributed by atoms with Gasteiger partial charge in [0.2, 0.25) is 5.91 Å². The molecule has 182 valence electrons. The standard InChI is InChI=1S/C26H26ClN3O3S2/c1-3-33-21-10-6-19(7-11-21)28-24(31)16-22-25(32)30(20-8-4-18(27)5-9-20)26(34)29(22)14-12-23-17(2)13-15-35-23/h4-11,13,15,22H,3,12,14,16H2,1-2H3,(H,28,31)/t22-/m1/s1. The van der Waals surface area contributed by atoms with Crippen LogP contribution in [0.3, 0.4) is 0 Å². The summed E-state index contributed by atoms with van der Waals surface area (Å²) in [5.41, 5.74) is 2.49. The van der Waals surface area contributed by atoms with Gasteiger partial charge >= 0.3 is 0 Å². The molecule has 0 spiro atoms. The van der Waals surface area contributed by atoms with Crippen molar-refractivity contribution in [2.45, 2.75) is 32.7 Å². The van der Waals surface area contributed by atoms with Crippen molar-refractivity contribution in [3.8, 4) is 5.75 Å². The molecule has 1 aromatic heterocycles. The number of nitrogens with one attached hydrogen (secondary N) is 1. The molecule has 0 radical (unpaired) electrons. The Morgan fingerprint density at radius 1 is 1.14 bits per heavy atom. The Morgan fingerprint density at radius 3 is 2.49 bits per heavy atom. The van der Waals surface area contributed by atoms with Crippen LogP contribution in [0.25, 0.3) is 0 Å². The summed E-state index contributed by atoms with van der Waals surface area (Å²) >= 11 is 13.5. The summed E-state index contributed by atoms with van der Waals surface area (Å²) in [4.78, 5) is 31.1. The van der Waals surface area contributed by atoms with Gasteiger partial charge in [0.15, 0.2) is 5.11 Å². The third kappa shape index (κ3) is 5.83.